The summed E-state index contributed by atoms with van der Waals surface area (Å²) in [6.07, 6.45) is 2.04. The Labute approximate surface area is 71.5 Å². The van der Waals surface area contributed by atoms with E-state index in [4.69, 9.17) is 4.74 Å². The molecule has 4 nitrogen and oxygen atoms in total. The van der Waals surface area contributed by atoms with E-state index in [0.717, 1.165) is 19.4 Å². The number of carboxylic acid groups (broad SMARTS) is 1. The normalized spacial score (nSPS) is 16.4. The number of hydrogen-bond acceptors (Lipinski definition) is 3. The maximum absolute atomic E-state index is 10.5. The predicted molar refractivity (Wildman–Crippen MR) is 40.9 cm³/mol. The zero-order valence-electron chi connectivity index (χ0n) is 7.21. The van der Waals surface area contributed by atoms with Gasteiger partial charge in [-0.15, -0.1) is 0 Å². The molecule has 1 aliphatic rings. The minimum absolute atomic E-state index is 0.00319. The van der Waals surface area contributed by atoms with Crippen molar-refractivity contribution in [3.05, 3.63) is 0 Å². The van der Waals surface area contributed by atoms with E-state index in [0.29, 0.717) is 13.2 Å². The van der Waals surface area contributed by atoms with E-state index in [2.05, 4.69) is 6.92 Å². The summed E-state index contributed by atoms with van der Waals surface area (Å²) in [5.74, 6) is -1.20. The number of rotatable bonds is 4. The summed E-state index contributed by atoms with van der Waals surface area (Å²) in [6, 6.07) is 0. The second kappa shape index (κ2) is 4.09. The van der Waals surface area contributed by atoms with Gasteiger partial charge < -0.3 is 14.6 Å². The predicted octanol–water partition coefficient (Wildman–Crippen LogP) is -1.02. The lowest BCUT2D eigenvalue weighted by molar-refractivity contribution is -0.520. The number of hydrogen-bond donors (Lipinski definition) is 0. The van der Waals surface area contributed by atoms with Gasteiger partial charge in [0.25, 0.3) is 0 Å². The van der Waals surface area contributed by atoms with Gasteiger partial charge in [-0.2, -0.15) is 4.58 Å². The molecule has 0 aromatic rings. The number of carbonyl (C=O) groups excluding carboxylic acids is 1. The van der Waals surface area contributed by atoms with E-state index in [1.807, 2.05) is 0 Å². The third kappa shape index (κ3) is 1.96. The van der Waals surface area contributed by atoms with Crippen molar-refractivity contribution in [2.75, 3.05) is 19.7 Å². The zero-order chi connectivity index (χ0) is 8.97. The van der Waals surface area contributed by atoms with Crippen LogP contribution in [-0.2, 0) is 9.53 Å². The SMILES string of the molecule is CCCC[N+]1=C(C(=O)[O-])OCC1. The fourth-order valence-electron chi connectivity index (χ4n) is 1.20. The van der Waals surface area contributed by atoms with Gasteiger partial charge in [0.05, 0.1) is 0 Å². The van der Waals surface area contributed by atoms with Gasteiger partial charge in [0.2, 0.25) is 0 Å². The average molecular weight is 171 g/mol. The van der Waals surface area contributed by atoms with Gasteiger partial charge in [0.15, 0.2) is 19.1 Å². The van der Waals surface area contributed by atoms with E-state index in [1.54, 1.807) is 4.58 Å². The molecule has 0 bridgehead atoms. The summed E-state index contributed by atoms with van der Waals surface area (Å²) in [4.78, 5) is 10.5. The Morgan fingerprint density at radius 3 is 3.08 bits per heavy atom. The van der Waals surface area contributed by atoms with Crippen molar-refractivity contribution in [1.29, 1.82) is 0 Å². The molecular weight excluding hydrogens is 158 g/mol. The lowest BCUT2D eigenvalue weighted by Gasteiger charge is -1.99. The molecule has 0 saturated heterocycles. The fraction of sp³-hybridized carbons (Fsp3) is 0.750. The summed E-state index contributed by atoms with van der Waals surface area (Å²) in [5, 5.41) is 10.5. The van der Waals surface area contributed by atoms with Crippen molar-refractivity contribution >= 4 is 11.9 Å². The van der Waals surface area contributed by atoms with Crippen molar-refractivity contribution in [3.63, 3.8) is 0 Å². The van der Waals surface area contributed by atoms with Crippen molar-refractivity contribution in [2.45, 2.75) is 19.8 Å². The van der Waals surface area contributed by atoms with Crippen LogP contribution in [0, 0.1) is 0 Å². The van der Waals surface area contributed by atoms with Crippen molar-refractivity contribution in [2.24, 2.45) is 0 Å². The van der Waals surface area contributed by atoms with Crippen LogP contribution in [0.5, 0.6) is 0 Å². The Balaban J connectivity index is 2.57. The van der Waals surface area contributed by atoms with E-state index >= 15 is 0 Å². The molecule has 0 aromatic heterocycles. The van der Waals surface area contributed by atoms with Crippen LogP contribution in [0.15, 0.2) is 0 Å². The van der Waals surface area contributed by atoms with E-state index in [9.17, 15) is 9.90 Å². The Bertz CT molecular complexity index is 210. The Hall–Kier alpha value is -1.06. The van der Waals surface area contributed by atoms with Gasteiger partial charge in [-0.3, -0.25) is 0 Å². The van der Waals surface area contributed by atoms with Crippen LogP contribution in [0.1, 0.15) is 19.8 Å². The van der Waals surface area contributed by atoms with Crippen LogP contribution >= 0.6 is 0 Å². The number of carboxylic acids is 1. The molecule has 0 amide bonds. The number of unbranched alkanes of at least 4 members (excludes halogenated alkanes) is 1. The Morgan fingerprint density at radius 2 is 2.50 bits per heavy atom. The molecule has 0 unspecified atom stereocenters. The van der Waals surface area contributed by atoms with E-state index < -0.39 is 5.97 Å². The first-order valence-electron chi connectivity index (χ1n) is 4.21. The summed E-state index contributed by atoms with van der Waals surface area (Å²) in [6.45, 7) is 3.95. The molecule has 4 heteroatoms. The van der Waals surface area contributed by atoms with Crippen LogP contribution in [0.2, 0.25) is 0 Å². The van der Waals surface area contributed by atoms with Gasteiger partial charge in [0.1, 0.15) is 6.54 Å². The highest BCUT2D eigenvalue weighted by Crippen LogP contribution is 1.97. The van der Waals surface area contributed by atoms with Crippen molar-refractivity contribution in [1.82, 2.24) is 0 Å². The van der Waals surface area contributed by atoms with Crippen LogP contribution in [-0.4, -0.2) is 36.1 Å². The molecule has 0 aliphatic carbocycles. The largest absolute Gasteiger partial charge is 0.537 e. The zero-order valence-corrected chi connectivity index (χ0v) is 7.21. The highest BCUT2D eigenvalue weighted by Gasteiger charge is 2.24. The first-order chi connectivity index (χ1) is 5.75. The smallest absolute Gasteiger partial charge is 0.386 e. The number of nitrogens with zero attached hydrogens (tertiary/aromatic N) is 1. The summed E-state index contributed by atoms with van der Waals surface area (Å²) < 4.78 is 6.63. The molecule has 12 heavy (non-hydrogen) atoms. The first kappa shape index (κ1) is 9.03. The maximum Gasteiger partial charge on any atom is 0.386 e. The lowest BCUT2D eigenvalue weighted by atomic mass is 10.3. The van der Waals surface area contributed by atoms with E-state index in [-0.39, 0.29) is 5.90 Å². The fourth-order valence-corrected chi connectivity index (χ4v) is 1.20. The molecular formula is C8H13NO3. The lowest BCUT2D eigenvalue weighted by Crippen LogP contribution is -2.36. The summed E-state index contributed by atoms with van der Waals surface area (Å²) >= 11 is 0. The van der Waals surface area contributed by atoms with Gasteiger partial charge >= 0.3 is 5.90 Å². The monoisotopic (exact) mass is 171 g/mol. The molecule has 0 saturated carbocycles. The Kier molecular flexibility index (Phi) is 3.08. The van der Waals surface area contributed by atoms with Crippen LogP contribution in [0.4, 0.5) is 0 Å². The molecule has 0 radical (unpaired) electrons. The van der Waals surface area contributed by atoms with Crippen LogP contribution in [0.25, 0.3) is 0 Å². The molecule has 68 valence electrons. The molecule has 0 N–H and O–H groups in total. The van der Waals surface area contributed by atoms with Gasteiger partial charge in [-0.25, -0.2) is 0 Å². The Morgan fingerprint density at radius 1 is 1.75 bits per heavy atom. The highest BCUT2D eigenvalue weighted by atomic mass is 16.5. The topological polar surface area (TPSA) is 52.4 Å². The van der Waals surface area contributed by atoms with Crippen LogP contribution < -0.4 is 5.11 Å². The van der Waals surface area contributed by atoms with Crippen LogP contribution in [0.3, 0.4) is 0 Å². The van der Waals surface area contributed by atoms with E-state index in [1.165, 1.54) is 0 Å². The van der Waals surface area contributed by atoms with Gasteiger partial charge in [-0.1, -0.05) is 13.3 Å². The quantitative estimate of drug-likeness (QED) is 0.509. The maximum atomic E-state index is 10.5. The first-order valence-corrected chi connectivity index (χ1v) is 4.21. The molecule has 1 aliphatic heterocycles. The number of carbonyl (C=O) groups is 1. The number of ether oxygens (including phenoxy) is 1. The molecule has 0 atom stereocenters. The molecule has 1 rings (SSSR count). The average Bonchev–Trinajstić information content (AvgIpc) is 2.48. The third-order valence-electron chi connectivity index (χ3n) is 1.84. The molecule has 0 fully saturated rings. The minimum Gasteiger partial charge on any atom is -0.537 e. The summed E-state index contributed by atoms with van der Waals surface area (Å²) in [7, 11) is 0. The number of aliphatic carboxylic acids is 1. The second-order valence-corrected chi connectivity index (χ2v) is 2.78. The third-order valence-corrected chi connectivity index (χ3v) is 1.84. The van der Waals surface area contributed by atoms with Crippen molar-refractivity contribution in [3.8, 4) is 0 Å². The van der Waals surface area contributed by atoms with Gasteiger partial charge in [-0.05, 0) is 0 Å². The second-order valence-electron chi connectivity index (χ2n) is 2.78. The molecule has 1 heterocycles. The molecule has 0 aromatic carbocycles. The molecule has 0 spiro atoms. The van der Waals surface area contributed by atoms with Crippen molar-refractivity contribution < 1.29 is 19.2 Å². The summed E-state index contributed by atoms with van der Waals surface area (Å²) in [5.41, 5.74) is 0. The highest BCUT2D eigenvalue weighted by molar-refractivity contribution is 6.28. The van der Waals surface area contributed by atoms with Gasteiger partial charge in [0, 0.05) is 6.42 Å². The standard InChI is InChI=1S/C8H13NO3/c1-2-3-4-9-5-6-12-7(9)8(10)11/h2-6H2,1H3. The minimum atomic E-state index is -1.20.